The van der Waals surface area contributed by atoms with E-state index in [-0.39, 0.29) is 23.5 Å². The fraction of sp³-hybridized carbons (Fsp3) is 0.353. The molecule has 0 spiro atoms. The summed E-state index contributed by atoms with van der Waals surface area (Å²) in [5, 5.41) is 2.34. The normalized spacial score (nSPS) is 26.3. The van der Waals surface area contributed by atoms with Crippen molar-refractivity contribution in [2.75, 3.05) is 12.3 Å². The van der Waals surface area contributed by atoms with Crippen LogP contribution in [0.3, 0.4) is 0 Å². The van der Waals surface area contributed by atoms with Gasteiger partial charge in [-0.25, -0.2) is 12.7 Å². The molecule has 2 aromatic rings. The largest absolute Gasteiger partial charge is 0.273 e. The van der Waals surface area contributed by atoms with E-state index >= 15 is 0 Å². The highest BCUT2D eigenvalue weighted by Gasteiger charge is 2.49. The molecule has 2 aromatic carbocycles. The molecule has 1 aliphatic carbocycles. The van der Waals surface area contributed by atoms with E-state index in [1.807, 2.05) is 12.1 Å². The average Bonchev–Trinajstić information content (AvgIpc) is 3.23. The minimum absolute atomic E-state index is 0.103. The average molecular weight is 315 g/mol. The molecule has 2 atom stereocenters. The van der Waals surface area contributed by atoms with Gasteiger partial charge in [0.05, 0.1) is 5.75 Å². The fourth-order valence-electron chi connectivity index (χ4n) is 3.35. The molecule has 2 fully saturated rings. The van der Waals surface area contributed by atoms with Gasteiger partial charge in [-0.15, -0.1) is 0 Å². The van der Waals surface area contributed by atoms with Crippen molar-refractivity contribution in [3.8, 4) is 0 Å². The van der Waals surface area contributed by atoms with Gasteiger partial charge in [0.2, 0.25) is 15.9 Å². The molecule has 0 radical (unpaired) electrons. The van der Waals surface area contributed by atoms with Crippen LogP contribution in [0.5, 0.6) is 0 Å². The second kappa shape index (κ2) is 4.81. The molecule has 5 heteroatoms. The van der Waals surface area contributed by atoms with E-state index in [9.17, 15) is 13.2 Å². The van der Waals surface area contributed by atoms with Crippen LogP contribution in [-0.4, -0.2) is 30.9 Å². The zero-order valence-corrected chi connectivity index (χ0v) is 12.9. The third-order valence-corrected chi connectivity index (χ3v) is 6.49. The molecule has 1 saturated heterocycles. The summed E-state index contributed by atoms with van der Waals surface area (Å²) >= 11 is 0. The second-order valence-electron chi connectivity index (χ2n) is 6.14. The molecule has 4 rings (SSSR count). The zero-order chi connectivity index (χ0) is 15.3. The first-order chi connectivity index (χ1) is 10.6. The van der Waals surface area contributed by atoms with Crippen LogP contribution < -0.4 is 0 Å². The third-order valence-electron chi connectivity index (χ3n) is 4.65. The Bertz CT molecular complexity index is 859. The molecular weight excluding hydrogens is 298 g/mol. The van der Waals surface area contributed by atoms with E-state index < -0.39 is 10.0 Å². The SMILES string of the molecule is O=C([C@@H]1C[C@@H]1c1ccc2ccccc2c1)N1CCCS1(=O)=O. The topological polar surface area (TPSA) is 54.5 Å². The first-order valence-electron chi connectivity index (χ1n) is 7.59. The van der Waals surface area contributed by atoms with Crippen LogP contribution in [0.25, 0.3) is 10.8 Å². The van der Waals surface area contributed by atoms with Crippen LogP contribution in [0.2, 0.25) is 0 Å². The quantitative estimate of drug-likeness (QED) is 0.855. The lowest BCUT2D eigenvalue weighted by atomic mass is 10.0. The minimum atomic E-state index is -3.35. The minimum Gasteiger partial charge on any atom is -0.273 e. The molecule has 0 unspecified atom stereocenters. The molecule has 1 amide bonds. The van der Waals surface area contributed by atoms with Gasteiger partial charge in [-0.1, -0.05) is 42.5 Å². The Morgan fingerprint density at radius 3 is 2.59 bits per heavy atom. The highest BCUT2D eigenvalue weighted by Crippen LogP contribution is 2.49. The number of hydrogen-bond donors (Lipinski definition) is 0. The van der Waals surface area contributed by atoms with Crippen molar-refractivity contribution >= 4 is 26.7 Å². The van der Waals surface area contributed by atoms with E-state index in [2.05, 4.69) is 30.3 Å². The van der Waals surface area contributed by atoms with Gasteiger partial charge in [-0.2, -0.15) is 0 Å². The number of amides is 1. The van der Waals surface area contributed by atoms with Crippen LogP contribution in [-0.2, 0) is 14.8 Å². The lowest BCUT2D eigenvalue weighted by molar-refractivity contribution is -0.127. The van der Waals surface area contributed by atoms with Gasteiger partial charge in [-0.05, 0) is 35.1 Å². The standard InChI is InChI=1S/C17H17NO3S/c19-17(18-8-3-9-22(18,20)21)16-11-15(16)14-7-6-12-4-1-2-5-13(12)10-14/h1-2,4-7,10,15-16H,3,8-9,11H2/t15-,16-/m1/s1. The van der Waals surface area contributed by atoms with Crippen molar-refractivity contribution in [2.24, 2.45) is 5.92 Å². The molecule has 0 N–H and O–H groups in total. The van der Waals surface area contributed by atoms with Gasteiger partial charge in [0.1, 0.15) is 0 Å². The number of carbonyl (C=O) groups is 1. The van der Waals surface area contributed by atoms with Crippen molar-refractivity contribution in [1.29, 1.82) is 0 Å². The van der Waals surface area contributed by atoms with Gasteiger partial charge < -0.3 is 0 Å². The lowest BCUT2D eigenvalue weighted by Crippen LogP contribution is -2.34. The Kier molecular flexibility index (Phi) is 3.01. The predicted octanol–water partition coefficient (Wildman–Crippen LogP) is 2.51. The van der Waals surface area contributed by atoms with Gasteiger partial charge >= 0.3 is 0 Å². The monoisotopic (exact) mass is 315 g/mol. The third kappa shape index (κ3) is 2.20. The maximum atomic E-state index is 12.4. The molecule has 1 aliphatic heterocycles. The fourth-order valence-corrected chi connectivity index (χ4v) is 4.88. The summed E-state index contributed by atoms with van der Waals surface area (Å²) in [4.78, 5) is 12.4. The van der Waals surface area contributed by atoms with Crippen molar-refractivity contribution < 1.29 is 13.2 Å². The highest BCUT2D eigenvalue weighted by atomic mass is 32.2. The summed E-state index contributed by atoms with van der Waals surface area (Å²) in [6.45, 7) is 0.349. The van der Waals surface area contributed by atoms with E-state index in [0.29, 0.717) is 13.0 Å². The van der Waals surface area contributed by atoms with Crippen LogP contribution in [0.4, 0.5) is 0 Å². The predicted molar refractivity (Wildman–Crippen MR) is 84.9 cm³/mol. The van der Waals surface area contributed by atoms with Crippen LogP contribution in [0.1, 0.15) is 24.3 Å². The Hall–Kier alpha value is -1.88. The number of nitrogens with zero attached hydrogens (tertiary/aromatic N) is 1. The summed E-state index contributed by atoms with van der Waals surface area (Å²) in [5.41, 5.74) is 1.13. The Morgan fingerprint density at radius 2 is 1.86 bits per heavy atom. The summed E-state index contributed by atoms with van der Waals surface area (Å²) in [7, 11) is -3.35. The van der Waals surface area contributed by atoms with Gasteiger partial charge in [0, 0.05) is 12.5 Å². The highest BCUT2D eigenvalue weighted by molar-refractivity contribution is 7.89. The molecule has 1 heterocycles. The number of hydrogen-bond acceptors (Lipinski definition) is 3. The maximum Gasteiger partial charge on any atom is 0.239 e. The van der Waals surface area contributed by atoms with Gasteiger partial charge in [0.15, 0.2) is 0 Å². The summed E-state index contributed by atoms with van der Waals surface area (Å²) < 4.78 is 24.8. The van der Waals surface area contributed by atoms with Crippen molar-refractivity contribution in [3.05, 3.63) is 48.0 Å². The number of sulfonamides is 1. The van der Waals surface area contributed by atoms with Crippen LogP contribution >= 0.6 is 0 Å². The number of rotatable bonds is 2. The van der Waals surface area contributed by atoms with Gasteiger partial charge in [-0.3, -0.25) is 4.79 Å². The first-order valence-corrected chi connectivity index (χ1v) is 9.20. The van der Waals surface area contributed by atoms with Crippen LogP contribution in [0.15, 0.2) is 42.5 Å². The Labute approximate surface area is 129 Å². The molecule has 2 aliphatic rings. The molecule has 114 valence electrons. The number of carbonyl (C=O) groups excluding carboxylic acids is 1. The van der Waals surface area contributed by atoms with E-state index in [4.69, 9.17) is 0 Å². The zero-order valence-electron chi connectivity index (χ0n) is 12.1. The number of fused-ring (bicyclic) bond motifs is 1. The first kappa shape index (κ1) is 13.8. The summed E-state index contributed by atoms with van der Waals surface area (Å²) in [6, 6.07) is 14.4. The maximum absolute atomic E-state index is 12.4. The van der Waals surface area contributed by atoms with Crippen molar-refractivity contribution in [2.45, 2.75) is 18.8 Å². The van der Waals surface area contributed by atoms with E-state index in [1.165, 1.54) is 5.39 Å². The van der Waals surface area contributed by atoms with Crippen molar-refractivity contribution in [3.63, 3.8) is 0 Å². The molecule has 0 bridgehead atoms. The molecule has 0 aromatic heterocycles. The molecule has 1 saturated carbocycles. The summed E-state index contributed by atoms with van der Waals surface area (Å²) in [6.07, 6.45) is 1.31. The molecule has 22 heavy (non-hydrogen) atoms. The Balaban J connectivity index is 1.57. The molecular formula is C17H17NO3S. The molecule has 4 nitrogen and oxygen atoms in total. The Morgan fingerprint density at radius 1 is 1.09 bits per heavy atom. The van der Waals surface area contributed by atoms with Crippen LogP contribution in [0, 0.1) is 5.92 Å². The smallest absolute Gasteiger partial charge is 0.239 e. The van der Waals surface area contributed by atoms with Gasteiger partial charge in [0.25, 0.3) is 0 Å². The number of benzene rings is 2. The van der Waals surface area contributed by atoms with E-state index in [0.717, 1.165) is 21.7 Å². The lowest BCUT2D eigenvalue weighted by Gasteiger charge is -2.14. The van der Waals surface area contributed by atoms with Crippen molar-refractivity contribution in [1.82, 2.24) is 4.31 Å². The van der Waals surface area contributed by atoms with E-state index in [1.54, 1.807) is 0 Å². The summed E-state index contributed by atoms with van der Waals surface area (Å²) in [5.74, 6) is -0.121. The second-order valence-corrected chi connectivity index (χ2v) is 8.15.